The summed E-state index contributed by atoms with van der Waals surface area (Å²) in [4.78, 5) is 41.1. The fourth-order valence-electron chi connectivity index (χ4n) is 2.80. The van der Waals surface area contributed by atoms with Gasteiger partial charge in [0.05, 0.1) is 17.9 Å². The number of guanidine groups is 1. The summed E-state index contributed by atoms with van der Waals surface area (Å²) in [6.07, 6.45) is -5.31. The number of hydrogen-bond donors (Lipinski definition) is 7. The first-order chi connectivity index (χ1) is 17.4. The van der Waals surface area contributed by atoms with Crippen LogP contribution in [0.15, 0.2) is 34.0 Å². The summed E-state index contributed by atoms with van der Waals surface area (Å²) in [5.41, 5.74) is 8.33. The molecule has 8 N–H and O–H groups in total. The highest BCUT2D eigenvalue weighted by Crippen LogP contribution is 2.21. The van der Waals surface area contributed by atoms with Crippen LogP contribution >= 0.6 is 0 Å². The Morgan fingerprint density at radius 1 is 1.18 bits per heavy atom. The number of H-pyrrole nitrogens is 1. The van der Waals surface area contributed by atoms with Crippen LogP contribution in [0.3, 0.4) is 0 Å². The molecule has 13 nitrogen and oxygen atoms in total. The molecule has 210 valence electrons. The van der Waals surface area contributed by atoms with Crippen molar-refractivity contribution in [1.29, 1.82) is 5.41 Å². The van der Waals surface area contributed by atoms with Crippen LogP contribution in [0.5, 0.6) is 0 Å². The van der Waals surface area contributed by atoms with E-state index in [9.17, 15) is 31.2 Å². The number of alkyl halides is 3. The Kier molecular flexibility index (Phi) is 11.3. The minimum absolute atomic E-state index is 0.0475. The summed E-state index contributed by atoms with van der Waals surface area (Å²) in [7, 11) is -4.05. The van der Waals surface area contributed by atoms with Gasteiger partial charge in [0.25, 0.3) is 15.6 Å². The van der Waals surface area contributed by atoms with Gasteiger partial charge in [-0.2, -0.15) is 13.2 Å². The number of benzene rings is 1. The molecule has 0 saturated heterocycles. The number of hydrogen-bond acceptors (Lipinski definition) is 7. The Morgan fingerprint density at radius 2 is 1.79 bits per heavy atom. The lowest BCUT2D eigenvalue weighted by Crippen LogP contribution is -2.35. The molecule has 1 amide bonds. The molecule has 0 saturated carbocycles. The number of nitrogens with two attached hydrogens (primary N) is 1. The van der Waals surface area contributed by atoms with E-state index >= 15 is 0 Å². The number of hydroxylamine groups is 1. The minimum atomic E-state index is -5.08. The van der Waals surface area contributed by atoms with Crippen molar-refractivity contribution < 1.29 is 41.1 Å². The van der Waals surface area contributed by atoms with Crippen LogP contribution in [0.25, 0.3) is 0 Å². The van der Waals surface area contributed by atoms with Gasteiger partial charge in [-0.05, 0) is 49.6 Å². The monoisotopic (exact) mass is 564 g/mol. The van der Waals surface area contributed by atoms with Crippen LogP contribution in [0, 0.1) is 26.2 Å². The Hall–Kier alpha value is -4.12. The van der Waals surface area contributed by atoms with E-state index in [4.69, 9.17) is 25.9 Å². The van der Waals surface area contributed by atoms with E-state index in [1.165, 1.54) is 12.1 Å². The first kappa shape index (κ1) is 31.9. The zero-order valence-corrected chi connectivity index (χ0v) is 21.3. The standard InChI is InChI=1S/C19H26N6O5S.C2HF3O2/c1-11-4-5-12(2)15(8-11)31(28,29)25-17-14(9-13(3)23-18(17)27)10-16(26)22-6-7-30-24-19(20)21;3-2(4,5)1(6)7/h4-5,8-9,25H,6-7,10H2,1-3H3,(H,22,26)(H,23,27)(H4,20,21,24);(H,6,7). The van der Waals surface area contributed by atoms with Crippen LogP contribution < -0.4 is 26.8 Å². The highest BCUT2D eigenvalue weighted by molar-refractivity contribution is 7.92. The van der Waals surface area contributed by atoms with E-state index in [1.807, 2.05) is 0 Å². The number of nitrogens with one attached hydrogen (secondary N) is 5. The van der Waals surface area contributed by atoms with Crippen molar-refractivity contribution in [2.75, 3.05) is 17.9 Å². The SMILES string of the molecule is Cc1ccc(C)c(S(=O)(=O)Nc2c(CC(=O)NCCONC(=N)N)cc(C)[nH]c2=O)c1.O=C(O)C(F)(F)F. The van der Waals surface area contributed by atoms with Gasteiger partial charge in [-0.1, -0.05) is 12.1 Å². The third kappa shape index (κ3) is 10.5. The number of aryl methyl sites for hydroxylation is 3. The molecule has 0 bridgehead atoms. The fraction of sp³-hybridized carbons (Fsp3) is 0.333. The molecule has 17 heteroatoms. The molecule has 2 aromatic rings. The second kappa shape index (κ2) is 13.4. The second-order valence-corrected chi connectivity index (χ2v) is 9.40. The Bertz CT molecular complexity index is 1340. The zero-order valence-electron chi connectivity index (χ0n) is 20.4. The number of pyridine rings is 1. The Balaban J connectivity index is 0.000000905. The maximum absolute atomic E-state index is 12.9. The van der Waals surface area contributed by atoms with Crippen molar-refractivity contribution in [3.63, 3.8) is 0 Å². The van der Waals surface area contributed by atoms with Crippen LogP contribution in [0.2, 0.25) is 0 Å². The fourth-order valence-corrected chi connectivity index (χ4v) is 4.24. The van der Waals surface area contributed by atoms with E-state index in [0.29, 0.717) is 11.3 Å². The predicted octanol–water partition coefficient (Wildman–Crippen LogP) is 0.808. The number of sulfonamides is 1. The van der Waals surface area contributed by atoms with E-state index in [-0.39, 0.29) is 41.7 Å². The smallest absolute Gasteiger partial charge is 0.475 e. The molecule has 0 radical (unpaired) electrons. The van der Waals surface area contributed by atoms with Crippen molar-refractivity contribution in [3.05, 3.63) is 57.0 Å². The molecule has 0 aliphatic carbocycles. The summed E-state index contributed by atoms with van der Waals surface area (Å²) in [6.45, 7) is 5.22. The van der Waals surface area contributed by atoms with Crippen molar-refractivity contribution >= 4 is 33.5 Å². The third-order valence-electron chi connectivity index (χ3n) is 4.42. The van der Waals surface area contributed by atoms with E-state index in [1.54, 1.807) is 32.9 Å². The van der Waals surface area contributed by atoms with Crippen LogP contribution in [0.1, 0.15) is 22.4 Å². The lowest BCUT2D eigenvalue weighted by atomic mass is 10.1. The summed E-state index contributed by atoms with van der Waals surface area (Å²) >= 11 is 0. The van der Waals surface area contributed by atoms with Crippen LogP contribution in [0.4, 0.5) is 18.9 Å². The van der Waals surface area contributed by atoms with E-state index in [0.717, 1.165) is 5.56 Å². The number of carboxylic acid groups (broad SMARTS) is 1. The second-order valence-electron chi connectivity index (χ2n) is 7.75. The summed E-state index contributed by atoms with van der Waals surface area (Å²) in [5, 5.41) is 16.7. The first-order valence-electron chi connectivity index (χ1n) is 10.6. The highest BCUT2D eigenvalue weighted by Gasteiger charge is 2.38. The maximum atomic E-state index is 12.9. The number of anilines is 1. The lowest BCUT2D eigenvalue weighted by molar-refractivity contribution is -0.192. The highest BCUT2D eigenvalue weighted by atomic mass is 32.2. The van der Waals surface area contributed by atoms with Crippen LogP contribution in [-0.4, -0.2) is 55.7 Å². The number of carbonyl (C=O) groups is 2. The third-order valence-corrected chi connectivity index (χ3v) is 5.91. The average Bonchev–Trinajstić information content (AvgIpc) is 2.77. The molecular formula is C21H27F3N6O7S. The average molecular weight is 565 g/mol. The van der Waals surface area contributed by atoms with Crippen molar-refractivity contribution in [2.45, 2.75) is 38.3 Å². The first-order valence-corrected chi connectivity index (χ1v) is 12.0. The Morgan fingerprint density at radius 3 is 2.34 bits per heavy atom. The molecule has 0 atom stereocenters. The minimum Gasteiger partial charge on any atom is -0.475 e. The quantitative estimate of drug-likeness (QED) is 0.0991. The van der Waals surface area contributed by atoms with Gasteiger partial charge in [0.2, 0.25) is 11.9 Å². The molecule has 0 spiro atoms. The summed E-state index contributed by atoms with van der Waals surface area (Å²) in [5.74, 6) is -3.57. The molecule has 0 unspecified atom stereocenters. The molecule has 2 rings (SSSR count). The zero-order chi connectivity index (χ0) is 29.3. The van der Waals surface area contributed by atoms with Gasteiger partial charge in [-0.25, -0.2) is 18.7 Å². The van der Waals surface area contributed by atoms with E-state index < -0.39 is 33.6 Å². The molecule has 38 heavy (non-hydrogen) atoms. The number of aromatic nitrogens is 1. The van der Waals surface area contributed by atoms with Gasteiger partial charge in [0.15, 0.2) is 0 Å². The molecule has 0 aliphatic heterocycles. The van der Waals surface area contributed by atoms with E-state index in [2.05, 4.69) is 20.5 Å². The number of aromatic amines is 1. The van der Waals surface area contributed by atoms with Crippen LogP contribution in [-0.2, 0) is 30.9 Å². The van der Waals surface area contributed by atoms with Gasteiger partial charge in [-0.3, -0.25) is 24.6 Å². The van der Waals surface area contributed by atoms with Crippen molar-refractivity contribution in [3.8, 4) is 0 Å². The molecule has 1 heterocycles. The molecular weight excluding hydrogens is 537 g/mol. The number of aliphatic carboxylic acids is 1. The molecule has 0 fully saturated rings. The number of carboxylic acids is 1. The Labute approximate surface area is 215 Å². The van der Waals surface area contributed by atoms with Gasteiger partial charge in [0, 0.05) is 12.2 Å². The normalized spacial score (nSPS) is 11.1. The van der Waals surface area contributed by atoms with Gasteiger partial charge < -0.3 is 21.1 Å². The lowest BCUT2D eigenvalue weighted by Gasteiger charge is -2.14. The number of rotatable bonds is 9. The van der Waals surface area contributed by atoms with Crippen molar-refractivity contribution in [2.24, 2.45) is 5.73 Å². The van der Waals surface area contributed by atoms with Gasteiger partial charge >= 0.3 is 12.1 Å². The largest absolute Gasteiger partial charge is 0.490 e. The summed E-state index contributed by atoms with van der Waals surface area (Å²) < 4.78 is 59.9. The molecule has 0 aliphatic rings. The van der Waals surface area contributed by atoms with Gasteiger partial charge in [-0.15, -0.1) is 0 Å². The topological polar surface area (TPSA) is 217 Å². The number of carbonyl (C=O) groups excluding carboxylic acids is 1. The van der Waals surface area contributed by atoms with Gasteiger partial charge in [0.1, 0.15) is 5.69 Å². The number of halogens is 3. The molecule has 1 aromatic heterocycles. The maximum Gasteiger partial charge on any atom is 0.490 e. The predicted molar refractivity (Wildman–Crippen MR) is 130 cm³/mol. The number of amides is 1. The van der Waals surface area contributed by atoms with Crippen molar-refractivity contribution in [1.82, 2.24) is 15.8 Å². The summed E-state index contributed by atoms with van der Waals surface area (Å²) in [6, 6.07) is 6.52. The molecule has 1 aromatic carbocycles.